The van der Waals surface area contributed by atoms with Gasteiger partial charge in [-0.05, 0) is 55.5 Å². The van der Waals surface area contributed by atoms with Gasteiger partial charge in [-0.1, -0.05) is 24.3 Å². The molecule has 1 aliphatic carbocycles. The van der Waals surface area contributed by atoms with Crippen LogP contribution in [0.1, 0.15) is 69.3 Å². The number of carbonyl (C=O) groups is 2. The third kappa shape index (κ3) is 7.29. The van der Waals surface area contributed by atoms with Gasteiger partial charge in [0.25, 0.3) is 11.8 Å². The number of ether oxygens (including phenoxy) is 2. The normalized spacial score (nSPS) is 15.8. The van der Waals surface area contributed by atoms with Crippen molar-refractivity contribution in [2.24, 2.45) is 7.05 Å². The van der Waals surface area contributed by atoms with E-state index in [1.54, 1.807) is 35.9 Å². The van der Waals surface area contributed by atoms with Gasteiger partial charge in [0, 0.05) is 49.8 Å². The third-order valence-corrected chi connectivity index (χ3v) is 8.35. The summed E-state index contributed by atoms with van der Waals surface area (Å²) in [5.41, 5.74) is 3.73. The van der Waals surface area contributed by atoms with Gasteiger partial charge in [-0.2, -0.15) is 5.10 Å². The molecule has 42 heavy (non-hydrogen) atoms. The number of carbonyl (C=O) groups excluding carboxylic acids is 2. The van der Waals surface area contributed by atoms with Crippen LogP contribution in [-0.4, -0.2) is 67.4 Å². The molecular formula is C30H37N5O6S. The molecule has 1 saturated heterocycles. The molecule has 0 spiro atoms. The van der Waals surface area contributed by atoms with E-state index in [0.29, 0.717) is 54.6 Å². The number of rotatable bonds is 11. The van der Waals surface area contributed by atoms with Gasteiger partial charge in [0.1, 0.15) is 12.3 Å². The predicted octanol–water partition coefficient (Wildman–Crippen LogP) is 2.97. The maximum atomic E-state index is 13.0. The van der Waals surface area contributed by atoms with Crippen molar-refractivity contribution >= 4 is 21.8 Å². The lowest BCUT2D eigenvalue weighted by molar-refractivity contribution is 0.0711. The van der Waals surface area contributed by atoms with Gasteiger partial charge >= 0.3 is 0 Å². The van der Waals surface area contributed by atoms with E-state index in [1.807, 2.05) is 36.4 Å². The fourth-order valence-electron chi connectivity index (χ4n) is 5.18. The zero-order valence-electron chi connectivity index (χ0n) is 24.1. The number of nitrogens with zero attached hydrogens (tertiary/aromatic N) is 3. The summed E-state index contributed by atoms with van der Waals surface area (Å²) in [7, 11) is 0.0844. The molecule has 0 atom stereocenters. The average molecular weight is 596 g/mol. The molecule has 2 heterocycles. The molecule has 2 fully saturated rings. The molecule has 224 valence electrons. The highest BCUT2D eigenvalue weighted by molar-refractivity contribution is 7.88. The Bertz CT molecular complexity index is 1540. The van der Waals surface area contributed by atoms with Crippen molar-refractivity contribution in [2.75, 3.05) is 26.5 Å². The summed E-state index contributed by atoms with van der Waals surface area (Å²) < 4.78 is 38.9. The van der Waals surface area contributed by atoms with Crippen LogP contribution >= 0.6 is 0 Å². The smallest absolute Gasteiger partial charge is 0.269 e. The lowest BCUT2D eigenvalue weighted by Crippen LogP contribution is -2.46. The molecule has 3 aromatic rings. The summed E-state index contributed by atoms with van der Waals surface area (Å²) in [4.78, 5) is 27.5. The second-order valence-electron chi connectivity index (χ2n) is 10.9. The van der Waals surface area contributed by atoms with Gasteiger partial charge in [0.15, 0.2) is 11.5 Å². The number of para-hydroxylation sites is 1. The van der Waals surface area contributed by atoms with Crippen LogP contribution in [0.4, 0.5) is 0 Å². The first-order valence-corrected chi connectivity index (χ1v) is 16.0. The average Bonchev–Trinajstić information content (AvgIpc) is 3.75. The number of piperidine rings is 1. The van der Waals surface area contributed by atoms with Crippen LogP contribution in [0.3, 0.4) is 0 Å². The lowest BCUT2D eigenvalue weighted by atomic mass is 10.0. The quantitative estimate of drug-likeness (QED) is 0.348. The molecule has 12 heteroatoms. The molecule has 1 saturated carbocycles. The molecule has 5 rings (SSSR count). The number of likely N-dealkylation sites (tertiary alicyclic amines) is 1. The number of aromatic nitrogens is 2. The van der Waals surface area contributed by atoms with Crippen LogP contribution in [-0.2, 0) is 30.2 Å². The molecule has 0 unspecified atom stereocenters. The first-order chi connectivity index (χ1) is 20.1. The molecule has 0 bridgehead atoms. The van der Waals surface area contributed by atoms with Crippen molar-refractivity contribution in [3.63, 3.8) is 0 Å². The highest BCUT2D eigenvalue weighted by Crippen LogP contribution is 2.39. The summed E-state index contributed by atoms with van der Waals surface area (Å²) in [5, 5.41) is 7.43. The summed E-state index contributed by atoms with van der Waals surface area (Å²) in [5.74, 6) is 1.29. The third-order valence-electron chi connectivity index (χ3n) is 7.59. The van der Waals surface area contributed by atoms with Crippen molar-refractivity contribution in [2.45, 2.75) is 50.8 Å². The number of benzene rings is 2. The van der Waals surface area contributed by atoms with E-state index in [0.717, 1.165) is 35.9 Å². The Kier molecular flexibility index (Phi) is 8.83. The number of hydrogen-bond donors (Lipinski definition) is 2. The van der Waals surface area contributed by atoms with E-state index < -0.39 is 10.0 Å². The standard InChI is InChI=1S/C30H37N5O6S/c1-34-26(17-25(32-34)21-11-12-21)29(36)31-18-23-5-4-6-27(28(23)40-2)41-19-20-7-9-22(10-8-20)30(37)35-15-13-24(14-16-35)33-42(3,38)39/h4-10,17,21,24,33H,11-16,18-19H2,1-3H3,(H,31,36). The van der Waals surface area contributed by atoms with E-state index in [9.17, 15) is 18.0 Å². The van der Waals surface area contributed by atoms with Crippen molar-refractivity contribution in [1.29, 1.82) is 0 Å². The Morgan fingerprint density at radius 1 is 1.05 bits per heavy atom. The number of methoxy groups -OCH3 is 1. The molecule has 2 amide bonds. The minimum atomic E-state index is -3.26. The zero-order chi connectivity index (χ0) is 29.9. The maximum Gasteiger partial charge on any atom is 0.269 e. The molecule has 2 N–H and O–H groups in total. The SMILES string of the molecule is COc1c(CNC(=O)c2cc(C3CC3)nn2C)cccc1OCc1ccc(C(=O)N2CCC(NS(C)(=O)=O)CC2)cc1. The Morgan fingerprint density at radius 2 is 1.76 bits per heavy atom. The minimum absolute atomic E-state index is 0.0772. The molecule has 2 aliphatic rings. The number of nitrogens with one attached hydrogen (secondary N) is 2. The van der Waals surface area contributed by atoms with E-state index in [1.165, 1.54) is 0 Å². The van der Waals surface area contributed by atoms with Crippen LogP contribution in [0.2, 0.25) is 0 Å². The van der Waals surface area contributed by atoms with Crippen LogP contribution < -0.4 is 19.5 Å². The zero-order valence-corrected chi connectivity index (χ0v) is 24.9. The van der Waals surface area contributed by atoms with Gasteiger partial charge in [0.05, 0.1) is 19.1 Å². The second kappa shape index (κ2) is 12.5. The van der Waals surface area contributed by atoms with Crippen LogP contribution in [0.25, 0.3) is 0 Å². The first kappa shape index (κ1) is 29.6. The van der Waals surface area contributed by atoms with Crippen molar-refractivity contribution in [3.8, 4) is 11.5 Å². The highest BCUT2D eigenvalue weighted by Gasteiger charge is 2.28. The maximum absolute atomic E-state index is 13.0. The molecule has 0 radical (unpaired) electrons. The van der Waals surface area contributed by atoms with E-state index in [4.69, 9.17) is 9.47 Å². The van der Waals surface area contributed by atoms with Gasteiger partial charge < -0.3 is 19.7 Å². The van der Waals surface area contributed by atoms with Gasteiger partial charge in [-0.25, -0.2) is 13.1 Å². The molecule has 1 aliphatic heterocycles. The van der Waals surface area contributed by atoms with E-state index >= 15 is 0 Å². The van der Waals surface area contributed by atoms with Crippen molar-refractivity contribution < 1.29 is 27.5 Å². The minimum Gasteiger partial charge on any atom is -0.493 e. The Hall–Kier alpha value is -3.90. The number of aryl methyl sites for hydroxylation is 1. The monoisotopic (exact) mass is 595 g/mol. The van der Waals surface area contributed by atoms with Crippen molar-refractivity contribution in [3.05, 3.63) is 76.6 Å². The molecule has 1 aromatic heterocycles. The number of sulfonamides is 1. The summed E-state index contributed by atoms with van der Waals surface area (Å²) in [6, 6.07) is 14.5. The summed E-state index contributed by atoms with van der Waals surface area (Å²) >= 11 is 0. The van der Waals surface area contributed by atoms with Gasteiger partial charge in [-0.15, -0.1) is 0 Å². The molecule has 2 aromatic carbocycles. The number of amides is 2. The van der Waals surface area contributed by atoms with Crippen LogP contribution in [0, 0.1) is 0 Å². The highest BCUT2D eigenvalue weighted by atomic mass is 32.2. The van der Waals surface area contributed by atoms with Gasteiger partial charge in [0.2, 0.25) is 10.0 Å². The molecule has 11 nitrogen and oxygen atoms in total. The topological polar surface area (TPSA) is 132 Å². The van der Waals surface area contributed by atoms with Crippen LogP contribution in [0.15, 0.2) is 48.5 Å². The van der Waals surface area contributed by atoms with E-state index in [2.05, 4.69) is 15.1 Å². The largest absolute Gasteiger partial charge is 0.493 e. The number of hydrogen-bond acceptors (Lipinski definition) is 7. The Balaban J connectivity index is 1.15. The lowest BCUT2D eigenvalue weighted by Gasteiger charge is -2.32. The first-order valence-electron chi connectivity index (χ1n) is 14.1. The van der Waals surface area contributed by atoms with Crippen molar-refractivity contribution in [1.82, 2.24) is 24.7 Å². The fraction of sp³-hybridized carbons (Fsp3) is 0.433. The Labute approximate surface area is 246 Å². The second-order valence-corrected chi connectivity index (χ2v) is 12.7. The fourth-order valence-corrected chi connectivity index (χ4v) is 6.02. The predicted molar refractivity (Wildman–Crippen MR) is 157 cm³/mol. The van der Waals surface area contributed by atoms with E-state index in [-0.39, 0.29) is 31.0 Å². The Morgan fingerprint density at radius 3 is 2.40 bits per heavy atom. The van der Waals surface area contributed by atoms with Crippen LogP contribution in [0.5, 0.6) is 11.5 Å². The molecular weight excluding hydrogens is 558 g/mol. The summed E-state index contributed by atoms with van der Waals surface area (Å²) in [6.07, 6.45) is 4.56. The summed E-state index contributed by atoms with van der Waals surface area (Å²) in [6.45, 7) is 1.53. The van der Waals surface area contributed by atoms with Gasteiger partial charge in [-0.3, -0.25) is 14.3 Å².